The number of ether oxygens (including phenoxy) is 1. The van der Waals surface area contributed by atoms with Gasteiger partial charge in [-0.25, -0.2) is 4.39 Å². The Morgan fingerprint density at radius 2 is 2.20 bits per heavy atom. The zero-order chi connectivity index (χ0) is 17.8. The van der Waals surface area contributed by atoms with Crippen LogP contribution in [0.4, 0.5) is 4.39 Å². The monoisotopic (exact) mass is 345 g/mol. The molecule has 136 valence electrons. The smallest absolute Gasteiger partial charge is 0.219 e. The molecule has 3 fully saturated rings. The van der Waals surface area contributed by atoms with E-state index in [4.69, 9.17) is 4.74 Å². The molecule has 1 amide bonds. The predicted molar refractivity (Wildman–Crippen MR) is 94.4 cm³/mol. The van der Waals surface area contributed by atoms with Gasteiger partial charge >= 0.3 is 0 Å². The van der Waals surface area contributed by atoms with E-state index in [-0.39, 0.29) is 34.7 Å². The number of carbonyl (C=O) groups excluding carboxylic acids is 1. The minimum atomic E-state index is -0.208. The van der Waals surface area contributed by atoms with E-state index in [0.717, 1.165) is 24.8 Å². The molecule has 2 saturated carbocycles. The van der Waals surface area contributed by atoms with E-state index in [9.17, 15) is 9.18 Å². The molecule has 2 aliphatic carbocycles. The highest BCUT2D eigenvalue weighted by Gasteiger charge is 2.68. The van der Waals surface area contributed by atoms with Crippen LogP contribution in [0.25, 0.3) is 0 Å². The predicted octanol–water partition coefficient (Wildman–Crippen LogP) is 4.23. The Morgan fingerprint density at radius 3 is 2.92 bits per heavy atom. The number of benzene rings is 1. The standard InChI is InChI=1S/C21H28FNO2/c1-4-17(24)23-19-20(2,3)14-11-16-18(13-6-5-7-15(22)10-13)25-9-8-21(16,19)12-14/h5-7,10,14,16,18-19H,4,8-9,11-12H2,1-3H3,(H,23,24)/t14-,16-,18-,19+,21?/m1/s1. The Morgan fingerprint density at radius 1 is 1.40 bits per heavy atom. The summed E-state index contributed by atoms with van der Waals surface area (Å²) in [6.07, 6.45) is 3.69. The van der Waals surface area contributed by atoms with Gasteiger partial charge in [0.1, 0.15) is 5.82 Å². The molecular weight excluding hydrogens is 317 g/mol. The Kier molecular flexibility index (Phi) is 3.95. The molecule has 1 aliphatic heterocycles. The molecule has 1 heterocycles. The van der Waals surface area contributed by atoms with Crippen LogP contribution in [0.2, 0.25) is 0 Å². The summed E-state index contributed by atoms with van der Waals surface area (Å²) in [5, 5.41) is 3.36. The highest BCUT2D eigenvalue weighted by molar-refractivity contribution is 5.76. The summed E-state index contributed by atoms with van der Waals surface area (Å²) in [7, 11) is 0. The molecule has 1 N–H and O–H groups in total. The van der Waals surface area contributed by atoms with Crippen molar-refractivity contribution in [2.75, 3.05) is 6.61 Å². The first-order chi connectivity index (χ1) is 11.9. The van der Waals surface area contributed by atoms with E-state index < -0.39 is 0 Å². The fourth-order valence-electron chi connectivity index (χ4n) is 6.06. The Bertz CT molecular complexity index is 688. The summed E-state index contributed by atoms with van der Waals surface area (Å²) < 4.78 is 19.9. The Balaban J connectivity index is 1.70. The maximum Gasteiger partial charge on any atom is 0.219 e. The maximum atomic E-state index is 13.8. The number of nitrogens with one attached hydrogen (secondary N) is 1. The molecule has 3 aliphatic rings. The largest absolute Gasteiger partial charge is 0.373 e. The van der Waals surface area contributed by atoms with Crippen LogP contribution in [0.15, 0.2) is 24.3 Å². The van der Waals surface area contributed by atoms with Crippen molar-refractivity contribution in [2.24, 2.45) is 22.7 Å². The number of rotatable bonds is 3. The van der Waals surface area contributed by atoms with Crippen molar-refractivity contribution in [1.29, 1.82) is 0 Å². The minimum absolute atomic E-state index is 0.0634. The molecule has 4 rings (SSSR count). The lowest BCUT2D eigenvalue weighted by molar-refractivity contribution is -0.137. The van der Waals surface area contributed by atoms with Gasteiger partial charge in [-0.3, -0.25) is 4.79 Å². The van der Waals surface area contributed by atoms with Crippen LogP contribution in [0.5, 0.6) is 0 Å². The average Bonchev–Trinajstić information content (AvgIpc) is 3.07. The average molecular weight is 345 g/mol. The van der Waals surface area contributed by atoms with Crippen LogP contribution in [-0.2, 0) is 9.53 Å². The first-order valence-electron chi connectivity index (χ1n) is 9.55. The molecule has 0 aromatic heterocycles. The second kappa shape index (κ2) is 5.80. The fraction of sp³-hybridized carbons (Fsp3) is 0.667. The first-order valence-corrected chi connectivity index (χ1v) is 9.55. The number of amides is 1. The van der Waals surface area contributed by atoms with E-state index in [2.05, 4.69) is 19.2 Å². The Labute approximate surface area is 149 Å². The van der Waals surface area contributed by atoms with E-state index in [1.165, 1.54) is 6.07 Å². The van der Waals surface area contributed by atoms with Gasteiger partial charge in [0.15, 0.2) is 0 Å². The van der Waals surface area contributed by atoms with Crippen LogP contribution >= 0.6 is 0 Å². The Hall–Kier alpha value is -1.42. The van der Waals surface area contributed by atoms with Crippen molar-refractivity contribution in [1.82, 2.24) is 5.32 Å². The lowest BCUT2D eigenvalue weighted by atomic mass is 9.59. The van der Waals surface area contributed by atoms with Crippen LogP contribution < -0.4 is 5.32 Å². The fourth-order valence-corrected chi connectivity index (χ4v) is 6.06. The summed E-state index contributed by atoms with van der Waals surface area (Å²) in [5.41, 5.74) is 1.12. The molecule has 1 saturated heterocycles. The van der Waals surface area contributed by atoms with Crippen molar-refractivity contribution in [3.63, 3.8) is 0 Å². The number of hydrogen-bond donors (Lipinski definition) is 1. The molecular formula is C21H28FNO2. The summed E-state index contributed by atoms with van der Waals surface area (Å²) in [4.78, 5) is 12.2. The van der Waals surface area contributed by atoms with Crippen LogP contribution in [0, 0.1) is 28.5 Å². The second-order valence-electron chi connectivity index (χ2n) is 8.75. The van der Waals surface area contributed by atoms with Gasteiger partial charge < -0.3 is 10.1 Å². The van der Waals surface area contributed by atoms with Crippen molar-refractivity contribution < 1.29 is 13.9 Å². The number of carbonyl (C=O) groups is 1. The van der Waals surface area contributed by atoms with Gasteiger partial charge in [0.05, 0.1) is 6.10 Å². The van der Waals surface area contributed by atoms with Gasteiger partial charge in [0.2, 0.25) is 5.91 Å². The summed E-state index contributed by atoms with van der Waals surface area (Å²) in [6.45, 7) is 7.19. The molecule has 1 unspecified atom stereocenters. The molecule has 1 spiro atoms. The topological polar surface area (TPSA) is 38.3 Å². The van der Waals surface area contributed by atoms with E-state index in [0.29, 0.717) is 24.9 Å². The molecule has 1 aromatic carbocycles. The lowest BCUT2D eigenvalue weighted by Crippen LogP contribution is -2.58. The van der Waals surface area contributed by atoms with Crippen LogP contribution in [0.1, 0.15) is 58.1 Å². The first kappa shape index (κ1) is 17.0. The maximum absolute atomic E-state index is 13.8. The lowest BCUT2D eigenvalue weighted by Gasteiger charge is -2.53. The number of hydrogen-bond acceptors (Lipinski definition) is 2. The van der Waals surface area contributed by atoms with E-state index >= 15 is 0 Å². The number of fused-ring (bicyclic) bond motifs is 1. The van der Waals surface area contributed by atoms with Crippen molar-refractivity contribution in [3.8, 4) is 0 Å². The molecule has 25 heavy (non-hydrogen) atoms. The second-order valence-corrected chi connectivity index (χ2v) is 8.75. The SMILES string of the molecule is CCC(=O)N[C@H]1C(C)(C)[C@@H]2C[C@@H]3[C@@H](c4cccc(F)c4)OCCC31C2. The highest BCUT2D eigenvalue weighted by Crippen LogP contribution is 2.70. The molecule has 2 bridgehead atoms. The van der Waals surface area contributed by atoms with Gasteiger partial charge in [-0.2, -0.15) is 0 Å². The minimum Gasteiger partial charge on any atom is -0.373 e. The molecule has 5 atom stereocenters. The summed E-state index contributed by atoms with van der Waals surface area (Å²) >= 11 is 0. The third-order valence-electron chi connectivity index (χ3n) is 7.31. The quantitative estimate of drug-likeness (QED) is 0.890. The molecule has 1 aromatic rings. The zero-order valence-corrected chi connectivity index (χ0v) is 15.3. The van der Waals surface area contributed by atoms with Gasteiger partial charge in [-0.15, -0.1) is 0 Å². The zero-order valence-electron chi connectivity index (χ0n) is 15.3. The molecule has 3 nitrogen and oxygen atoms in total. The van der Waals surface area contributed by atoms with E-state index in [1.807, 2.05) is 13.0 Å². The van der Waals surface area contributed by atoms with Gasteiger partial charge in [-0.1, -0.05) is 32.9 Å². The molecule has 0 radical (unpaired) electrons. The summed E-state index contributed by atoms with van der Waals surface area (Å²) in [6, 6.07) is 7.01. The highest BCUT2D eigenvalue weighted by atomic mass is 19.1. The van der Waals surface area contributed by atoms with Crippen molar-refractivity contribution in [2.45, 2.75) is 58.6 Å². The van der Waals surface area contributed by atoms with Crippen molar-refractivity contribution >= 4 is 5.91 Å². The van der Waals surface area contributed by atoms with Crippen molar-refractivity contribution in [3.05, 3.63) is 35.6 Å². The van der Waals surface area contributed by atoms with Gasteiger partial charge in [0, 0.05) is 19.1 Å². The van der Waals surface area contributed by atoms with Gasteiger partial charge in [0.25, 0.3) is 0 Å². The van der Waals surface area contributed by atoms with Gasteiger partial charge in [-0.05, 0) is 59.6 Å². The molecule has 4 heteroatoms. The van der Waals surface area contributed by atoms with Crippen LogP contribution in [0.3, 0.4) is 0 Å². The third kappa shape index (κ3) is 2.44. The third-order valence-corrected chi connectivity index (χ3v) is 7.31. The normalized spacial score (nSPS) is 38.4. The summed E-state index contributed by atoms with van der Waals surface area (Å²) in [5.74, 6) is 0.855. The van der Waals surface area contributed by atoms with Crippen LogP contribution in [-0.4, -0.2) is 18.6 Å². The number of halogens is 1. The van der Waals surface area contributed by atoms with E-state index in [1.54, 1.807) is 12.1 Å².